The predicted molar refractivity (Wildman–Crippen MR) is 138 cm³/mol. The van der Waals surface area contributed by atoms with Gasteiger partial charge in [-0.05, 0) is 69.2 Å². The van der Waals surface area contributed by atoms with Gasteiger partial charge >= 0.3 is 0 Å². The van der Waals surface area contributed by atoms with Gasteiger partial charge in [0, 0.05) is 41.7 Å². The van der Waals surface area contributed by atoms with Gasteiger partial charge in [-0.3, -0.25) is 4.79 Å². The lowest BCUT2D eigenvalue weighted by Gasteiger charge is -2.26. The summed E-state index contributed by atoms with van der Waals surface area (Å²) in [6, 6.07) is 8.24. The minimum atomic E-state index is 0.0165. The minimum Gasteiger partial charge on any atom is -0.490 e. The van der Waals surface area contributed by atoms with Gasteiger partial charge in [-0.1, -0.05) is 18.2 Å². The summed E-state index contributed by atoms with van der Waals surface area (Å²) in [5, 5.41) is 14.0. The summed E-state index contributed by atoms with van der Waals surface area (Å²) in [5.74, 6) is 1.56. The number of fused-ring (bicyclic) bond motifs is 1. The fourth-order valence-electron chi connectivity index (χ4n) is 5.47. The molecule has 1 aliphatic heterocycles. The smallest absolute Gasteiger partial charge is 0.236 e. The van der Waals surface area contributed by atoms with Crippen LogP contribution >= 0.6 is 11.3 Å². The number of rotatable bonds is 7. The molecule has 6 nitrogen and oxygen atoms in total. The first-order valence-corrected chi connectivity index (χ1v) is 13.4. The first kappa shape index (κ1) is 23.8. The van der Waals surface area contributed by atoms with E-state index in [0.29, 0.717) is 29.7 Å². The van der Waals surface area contributed by atoms with Gasteiger partial charge in [0.1, 0.15) is 16.8 Å². The molecular weight excluding hydrogens is 456 g/mol. The van der Waals surface area contributed by atoms with E-state index in [1.54, 1.807) is 11.3 Å². The molecule has 5 rings (SSSR count). The molecule has 1 aromatic heterocycles. The van der Waals surface area contributed by atoms with Crippen molar-refractivity contribution in [3.8, 4) is 22.4 Å². The number of nitrogens with zero attached hydrogens (tertiary/aromatic N) is 3. The number of carbonyl (C=O) groups is 1. The van der Waals surface area contributed by atoms with Crippen molar-refractivity contribution < 1.29 is 9.53 Å². The molecule has 2 aliphatic carbocycles. The topological polar surface area (TPSA) is 78.2 Å². The third kappa shape index (κ3) is 5.05. The van der Waals surface area contributed by atoms with Crippen LogP contribution in [0, 0.1) is 17.2 Å². The van der Waals surface area contributed by atoms with Crippen molar-refractivity contribution in [3.05, 3.63) is 58.6 Å². The molecule has 0 spiro atoms. The van der Waals surface area contributed by atoms with Crippen molar-refractivity contribution in [1.82, 2.24) is 15.2 Å². The molecule has 2 fully saturated rings. The third-order valence-corrected chi connectivity index (χ3v) is 8.31. The Labute approximate surface area is 211 Å². The highest BCUT2D eigenvalue weighted by Crippen LogP contribution is 2.46. The predicted octanol–water partition coefficient (Wildman–Crippen LogP) is 5.04. The van der Waals surface area contributed by atoms with Crippen LogP contribution in [0.15, 0.2) is 48.2 Å². The summed E-state index contributed by atoms with van der Waals surface area (Å²) < 4.78 is 5.76. The van der Waals surface area contributed by atoms with E-state index in [1.807, 2.05) is 43.1 Å². The molecule has 0 bridgehead atoms. The lowest BCUT2D eigenvalue weighted by molar-refractivity contribution is -0.129. The lowest BCUT2D eigenvalue weighted by Crippen LogP contribution is -2.40. The molecule has 2 heterocycles. The van der Waals surface area contributed by atoms with Gasteiger partial charge in [0.25, 0.3) is 0 Å². The van der Waals surface area contributed by atoms with Gasteiger partial charge in [0.2, 0.25) is 5.91 Å². The highest BCUT2D eigenvalue weighted by molar-refractivity contribution is 7.15. The van der Waals surface area contributed by atoms with Crippen LogP contribution in [0.5, 0.6) is 5.75 Å². The maximum absolute atomic E-state index is 12.5. The summed E-state index contributed by atoms with van der Waals surface area (Å²) in [7, 11) is 0. The van der Waals surface area contributed by atoms with E-state index in [4.69, 9.17) is 9.72 Å². The standard InChI is InChI=1S/C28H32N4O2S/c1-18(2)34-25-11-8-19(14-20(25)15-29)28-31-16-26(35-28)23-7-5-6-22-21(23)9-10-24(22)30-17-27(33)32-12-3-4-13-32/h5-8,11,14,16,18,21,23-24,30H,3-4,9-10,12-13,17H2,1-2H3/t21?,23?,24-/m0/s1. The zero-order chi connectivity index (χ0) is 24.4. The third-order valence-electron chi connectivity index (χ3n) is 7.16. The van der Waals surface area contributed by atoms with E-state index in [9.17, 15) is 10.1 Å². The quantitative estimate of drug-likeness (QED) is 0.591. The van der Waals surface area contributed by atoms with Gasteiger partial charge in [0.05, 0.1) is 18.2 Å². The zero-order valence-corrected chi connectivity index (χ0v) is 21.2. The van der Waals surface area contributed by atoms with Gasteiger partial charge in [-0.15, -0.1) is 11.3 Å². The Balaban J connectivity index is 1.27. The fourth-order valence-corrected chi connectivity index (χ4v) is 6.53. The molecule has 35 heavy (non-hydrogen) atoms. The Bertz CT molecular complexity index is 1190. The maximum atomic E-state index is 12.5. The summed E-state index contributed by atoms with van der Waals surface area (Å²) in [6.07, 6.45) is 13.1. The number of nitrogens with one attached hydrogen (secondary N) is 1. The molecule has 2 aromatic rings. The van der Waals surface area contributed by atoms with Crippen LogP contribution in [0.2, 0.25) is 0 Å². The number of ether oxygens (including phenoxy) is 1. The second-order valence-electron chi connectivity index (χ2n) is 9.84. The SMILES string of the molecule is CC(C)Oc1ccc(-c2ncc(C3C=CC=C4C3CC[C@@H]4NCC(=O)N3CCCC3)s2)cc1C#N. The summed E-state index contributed by atoms with van der Waals surface area (Å²) in [6.45, 7) is 6.14. The number of amides is 1. The molecule has 1 N–H and O–H groups in total. The van der Waals surface area contributed by atoms with Crippen molar-refractivity contribution in [3.63, 3.8) is 0 Å². The van der Waals surface area contributed by atoms with Crippen LogP contribution in [-0.4, -0.2) is 47.6 Å². The van der Waals surface area contributed by atoms with Crippen LogP contribution in [0.4, 0.5) is 0 Å². The molecule has 3 aliphatic rings. The highest BCUT2D eigenvalue weighted by atomic mass is 32.1. The molecule has 0 radical (unpaired) electrons. The molecule has 3 atom stereocenters. The van der Waals surface area contributed by atoms with Crippen molar-refractivity contribution in [2.75, 3.05) is 19.6 Å². The number of hydrogen-bond donors (Lipinski definition) is 1. The molecule has 7 heteroatoms. The number of allylic oxidation sites excluding steroid dienone is 3. The Morgan fingerprint density at radius 2 is 2.14 bits per heavy atom. The van der Waals surface area contributed by atoms with E-state index in [1.165, 1.54) is 10.5 Å². The van der Waals surface area contributed by atoms with E-state index < -0.39 is 0 Å². The molecule has 2 unspecified atom stereocenters. The zero-order valence-electron chi connectivity index (χ0n) is 20.4. The van der Waals surface area contributed by atoms with Gasteiger partial charge in [0.15, 0.2) is 0 Å². The van der Waals surface area contributed by atoms with Gasteiger partial charge in [-0.25, -0.2) is 4.98 Å². The van der Waals surface area contributed by atoms with E-state index in [0.717, 1.165) is 49.3 Å². The molecule has 1 aromatic carbocycles. The van der Waals surface area contributed by atoms with Crippen LogP contribution < -0.4 is 10.1 Å². The van der Waals surface area contributed by atoms with Crippen LogP contribution in [0.1, 0.15) is 55.9 Å². The lowest BCUT2D eigenvalue weighted by atomic mass is 9.82. The average molecular weight is 489 g/mol. The normalized spacial score (nSPS) is 23.3. The first-order chi connectivity index (χ1) is 17.0. The number of nitriles is 1. The van der Waals surface area contributed by atoms with Crippen molar-refractivity contribution in [2.45, 2.75) is 57.6 Å². The molecule has 1 amide bonds. The number of thiazole rings is 1. The number of carbonyl (C=O) groups excluding carboxylic acids is 1. The van der Waals surface area contributed by atoms with Crippen LogP contribution in [0.25, 0.3) is 10.6 Å². The Morgan fingerprint density at radius 3 is 2.91 bits per heavy atom. The maximum Gasteiger partial charge on any atom is 0.236 e. The van der Waals surface area contributed by atoms with Crippen molar-refractivity contribution in [1.29, 1.82) is 5.26 Å². The second-order valence-corrected chi connectivity index (χ2v) is 10.9. The van der Waals surface area contributed by atoms with Crippen molar-refractivity contribution in [2.24, 2.45) is 5.92 Å². The Hall–Kier alpha value is -2.95. The molecule has 182 valence electrons. The van der Waals surface area contributed by atoms with E-state index in [-0.39, 0.29) is 18.1 Å². The summed E-state index contributed by atoms with van der Waals surface area (Å²) >= 11 is 1.70. The van der Waals surface area contributed by atoms with Crippen molar-refractivity contribution >= 4 is 17.2 Å². The molecule has 1 saturated carbocycles. The number of aromatic nitrogens is 1. The largest absolute Gasteiger partial charge is 0.490 e. The fraction of sp³-hybridized carbons (Fsp3) is 0.464. The van der Waals surface area contributed by atoms with E-state index in [2.05, 4.69) is 29.6 Å². The van der Waals surface area contributed by atoms with Gasteiger partial charge in [-0.2, -0.15) is 5.26 Å². The number of benzene rings is 1. The Kier molecular flexibility index (Phi) is 7.03. The highest BCUT2D eigenvalue weighted by Gasteiger charge is 2.37. The van der Waals surface area contributed by atoms with Gasteiger partial charge < -0.3 is 15.0 Å². The number of hydrogen-bond acceptors (Lipinski definition) is 6. The minimum absolute atomic E-state index is 0.0165. The van der Waals surface area contributed by atoms with E-state index >= 15 is 0 Å². The molecule has 1 saturated heterocycles. The Morgan fingerprint density at radius 1 is 1.31 bits per heavy atom. The van der Waals surface area contributed by atoms with Crippen LogP contribution in [-0.2, 0) is 4.79 Å². The number of likely N-dealkylation sites (tertiary alicyclic amines) is 1. The average Bonchev–Trinajstić information content (AvgIpc) is 3.63. The van der Waals surface area contributed by atoms with Crippen LogP contribution in [0.3, 0.4) is 0 Å². The second kappa shape index (κ2) is 10.3. The summed E-state index contributed by atoms with van der Waals surface area (Å²) in [4.78, 5) is 20.4. The monoisotopic (exact) mass is 488 g/mol. The molecular formula is C28H32N4O2S. The first-order valence-electron chi connectivity index (χ1n) is 12.6. The summed E-state index contributed by atoms with van der Waals surface area (Å²) in [5.41, 5.74) is 2.88.